The Morgan fingerprint density at radius 3 is 2.67 bits per heavy atom. The van der Waals surface area contributed by atoms with Crippen LogP contribution in [0.15, 0.2) is 30.7 Å². The van der Waals surface area contributed by atoms with Gasteiger partial charge in [0.15, 0.2) is 11.5 Å². The van der Waals surface area contributed by atoms with Crippen LogP contribution >= 0.6 is 0 Å². The smallest absolute Gasteiger partial charge is 0.161 e. The van der Waals surface area contributed by atoms with Crippen molar-refractivity contribution in [3.8, 4) is 11.5 Å². The molecule has 128 valence electrons. The number of hydrogen-bond donors (Lipinski definition) is 1. The van der Waals surface area contributed by atoms with E-state index >= 15 is 0 Å². The molecule has 2 aromatic rings. The molecule has 1 aromatic heterocycles. The van der Waals surface area contributed by atoms with Gasteiger partial charge in [-0.2, -0.15) is 0 Å². The number of aromatic nitrogens is 2. The number of methoxy groups -OCH3 is 2. The monoisotopic (exact) mass is 327 g/mol. The third-order valence-corrected chi connectivity index (χ3v) is 4.62. The number of nitrogens with one attached hydrogen (secondary N) is 1. The highest BCUT2D eigenvalue weighted by molar-refractivity contribution is 5.49. The maximum absolute atomic E-state index is 5.48. The van der Waals surface area contributed by atoms with Crippen LogP contribution in [0.2, 0.25) is 0 Å². The maximum Gasteiger partial charge on any atom is 0.161 e. The Balaban J connectivity index is 1.75. The van der Waals surface area contributed by atoms with Crippen molar-refractivity contribution in [3.05, 3.63) is 47.5 Å². The molecule has 5 nitrogen and oxygen atoms in total. The fourth-order valence-electron chi connectivity index (χ4n) is 3.45. The van der Waals surface area contributed by atoms with E-state index in [2.05, 4.69) is 34.3 Å². The van der Waals surface area contributed by atoms with E-state index in [1.807, 2.05) is 6.20 Å². The normalized spacial score (nSPS) is 19.6. The highest BCUT2D eigenvalue weighted by atomic mass is 16.5. The summed E-state index contributed by atoms with van der Waals surface area (Å²) in [4.78, 5) is 8.45. The summed E-state index contributed by atoms with van der Waals surface area (Å²) in [6.07, 6.45) is 8.36. The van der Waals surface area contributed by atoms with Gasteiger partial charge in [-0.1, -0.05) is 6.92 Å². The predicted molar refractivity (Wildman–Crippen MR) is 93.5 cm³/mol. The number of fused-ring (bicyclic) bond motifs is 1. The minimum atomic E-state index is 0.334. The Morgan fingerprint density at radius 1 is 1.17 bits per heavy atom. The van der Waals surface area contributed by atoms with Crippen molar-refractivity contribution in [3.63, 3.8) is 0 Å². The lowest BCUT2D eigenvalue weighted by Gasteiger charge is -2.31. The third-order valence-electron chi connectivity index (χ3n) is 4.62. The molecule has 1 N–H and O–H groups in total. The zero-order chi connectivity index (χ0) is 16.9. The van der Waals surface area contributed by atoms with Gasteiger partial charge in [0, 0.05) is 37.6 Å². The van der Waals surface area contributed by atoms with Gasteiger partial charge >= 0.3 is 0 Å². The summed E-state index contributed by atoms with van der Waals surface area (Å²) < 4.78 is 10.9. The molecule has 0 saturated heterocycles. The van der Waals surface area contributed by atoms with E-state index in [9.17, 15) is 0 Å². The lowest BCUT2D eigenvalue weighted by Crippen LogP contribution is -2.30. The van der Waals surface area contributed by atoms with Crippen molar-refractivity contribution in [1.82, 2.24) is 15.3 Å². The molecule has 1 heterocycles. The highest BCUT2D eigenvalue weighted by Crippen LogP contribution is 2.39. The summed E-state index contributed by atoms with van der Waals surface area (Å²) in [5, 5.41) is 3.68. The Hall–Kier alpha value is -2.14. The topological polar surface area (TPSA) is 56.3 Å². The van der Waals surface area contributed by atoms with Crippen LogP contribution in [0.1, 0.15) is 36.2 Å². The summed E-state index contributed by atoms with van der Waals surface area (Å²) in [6, 6.07) is 4.58. The van der Waals surface area contributed by atoms with E-state index in [0.717, 1.165) is 43.0 Å². The number of benzene rings is 1. The fourth-order valence-corrected chi connectivity index (χ4v) is 3.45. The molecule has 1 aromatic carbocycles. The first-order valence-corrected chi connectivity index (χ1v) is 8.44. The molecule has 0 radical (unpaired) electrons. The first kappa shape index (κ1) is 16.7. The Labute approximate surface area is 143 Å². The van der Waals surface area contributed by atoms with E-state index in [1.165, 1.54) is 11.1 Å². The van der Waals surface area contributed by atoms with Crippen LogP contribution in [0.5, 0.6) is 11.5 Å². The van der Waals surface area contributed by atoms with Crippen LogP contribution in [0.25, 0.3) is 0 Å². The Morgan fingerprint density at radius 2 is 1.96 bits per heavy atom. The summed E-state index contributed by atoms with van der Waals surface area (Å²) >= 11 is 0. The number of ether oxygens (including phenoxy) is 2. The van der Waals surface area contributed by atoms with Gasteiger partial charge < -0.3 is 14.8 Å². The van der Waals surface area contributed by atoms with Crippen LogP contribution in [0.3, 0.4) is 0 Å². The summed E-state index contributed by atoms with van der Waals surface area (Å²) in [5.41, 5.74) is 3.69. The maximum atomic E-state index is 5.48. The molecular formula is C19H25N3O2. The summed E-state index contributed by atoms with van der Waals surface area (Å²) in [5.74, 6) is 2.25. The van der Waals surface area contributed by atoms with Crippen molar-refractivity contribution in [1.29, 1.82) is 0 Å². The van der Waals surface area contributed by atoms with Crippen LogP contribution in [0.4, 0.5) is 0 Å². The van der Waals surface area contributed by atoms with Gasteiger partial charge in [-0.25, -0.2) is 0 Å². The van der Waals surface area contributed by atoms with Gasteiger partial charge in [0.25, 0.3) is 0 Å². The van der Waals surface area contributed by atoms with Crippen molar-refractivity contribution in [2.75, 3.05) is 20.8 Å². The van der Waals surface area contributed by atoms with Crippen molar-refractivity contribution < 1.29 is 9.47 Å². The minimum absolute atomic E-state index is 0.334. The molecule has 1 aliphatic carbocycles. The van der Waals surface area contributed by atoms with Gasteiger partial charge in [-0.3, -0.25) is 9.97 Å². The number of hydrogen-bond acceptors (Lipinski definition) is 5. The molecule has 0 spiro atoms. The zero-order valence-electron chi connectivity index (χ0n) is 14.6. The third kappa shape index (κ3) is 3.67. The summed E-state index contributed by atoms with van der Waals surface area (Å²) in [7, 11) is 3.37. The molecular weight excluding hydrogens is 302 g/mol. The largest absolute Gasteiger partial charge is 0.493 e. The van der Waals surface area contributed by atoms with Crippen molar-refractivity contribution in [2.45, 2.75) is 32.2 Å². The molecule has 3 rings (SSSR count). The number of rotatable bonds is 6. The van der Waals surface area contributed by atoms with Gasteiger partial charge in [0.1, 0.15) is 0 Å². The van der Waals surface area contributed by atoms with Gasteiger partial charge in [-0.15, -0.1) is 0 Å². The highest BCUT2D eigenvalue weighted by Gasteiger charge is 2.26. The fraction of sp³-hybridized carbons (Fsp3) is 0.474. The predicted octanol–water partition coefficient (Wildman–Crippen LogP) is 2.95. The Bertz CT molecular complexity index is 676. The van der Waals surface area contributed by atoms with Crippen LogP contribution < -0.4 is 14.8 Å². The van der Waals surface area contributed by atoms with Gasteiger partial charge in [0.2, 0.25) is 0 Å². The van der Waals surface area contributed by atoms with E-state index in [4.69, 9.17) is 9.47 Å². The second-order valence-corrected chi connectivity index (χ2v) is 6.40. The quantitative estimate of drug-likeness (QED) is 0.884. The first-order chi connectivity index (χ1) is 11.7. The van der Waals surface area contributed by atoms with E-state index in [-0.39, 0.29) is 0 Å². The molecule has 2 unspecified atom stereocenters. The molecule has 0 aliphatic heterocycles. The first-order valence-electron chi connectivity index (χ1n) is 8.44. The molecule has 0 fully saturated rings. The van der Waals surface area contributed by atoms with Crippen LogP contribution in [-0.2, 0) is 12.8 Å². The average molecular weight is 327 g/mol. The van der Waals surface area contributed by atoms with Gasteiger partial charge in [-0.05, 0) is 42.0 Å². The molecule has 0 amide bonds. The van der Waals surface area contributed by atoms with E-state index < -0.39 is 0 Å². The Kier molecular flexibility index (Phi) is 5.30. The van der Waals surface area contributed by atoms with Crippen LogP contribution in [-0.4, -0.2) is 30.7 Å². The lowest BCUT2D eigenvalue weighted by atomic mass is 9.81. The average Bonchev–Trinajstić information content (AvgIpc) is 2.61. The number of nitrogens with zero attached hydrogens (tertiary/aromatic N) is 2. The molecule has 0 bridgehead atoms. The molecule has 24 heavy (non-hydrogen) atoms. The standard InChI is InChI=1S/C19H25N3O2/c1-13-8-14-10-18(23-2)19(24-3)11-16(14)17(9-13)22-5-4-15-12-20-6-7-21-15/h6-7,10-13,17,22H,4-5,8-9H2,1-3H3. The SMILES string of the molecule is COc1cc2c(cc1OC)C(NCCc1cnccn1)CC(C)C2. The van der Waals surface area contributed by atoms with Gasteiger partial charge in [0.05, 0.1) is 19.9 Å². The second kappa shape index (κ2) is 7.62. The van der Waals surface area contributed by atoms with Crippen LogP contribution in [0, 0.1) is 5.92 Å². The zero-order valence-corrected chi connectivity index (χ0v) is 14.6. The molecule has 2 atom stereocenters. The van der Waals surface area contributed by atoms with E-state index in [1.54, 1.807) is 26.6 Å². The molecule has 5 heteroatoms. The van der Waals surface area contributed by atoms with Crippen molar-refractivity contribution >= 4 is 0 Å². The minimum Gasteiger partial charge on any atom is -0.493 e. The molecule has 1 aliphatic rings. The lowest BCUT2D eigenvalue weighted by molar-refractivity contribution is 0.345. The summed E-state index contributed by atoms with van der Waals surface area (Å²) in [6.45, 7) is 3.18. The van der Waals surface area contributed by atoms with Crippen molar-refractivity contribution in [2.24, 2.45) is 5.92 Å². The second-order valence-electron chi connectivity index (χ2n) is 6.40. The van der Waals surface area contributed by atoms with E-state index in [0.29, 0.717) is 12.0 Å². The molecule has 0 saturated carbocycles.